The highest BCUT2D eigenvalue weighted by Gasteiger charge is 2.24. The third-order valence-corrected chi connectivity index (χ3v) is 4.68. The second-order valence-corrected chi connectivity index (χ2v) is 6.95. The number of benzene rings is 1. The van der Waals surface area contributed by atoms with E-state index in [1.54, 1.807) is 35.9 Å². The van der Waals surface area contributed by atoms with Crippen molar-refractivity contribution in [1.29, 1.82) is 0 Å². The number of anilines is 2. The Hall–Kier alpha value is -2.74. The number of piperazine rings is 1. The van der Waals surface area contributed by atoms with E-state index >= 15 is 0 Å². The van der Waals surface area contributed by atoms with Crippen LogP contribution in [-0.4, -0.2) is 58.8 Å². The number of urea groups is 1. The van der Waals surface area contributed by atoms with E-state index in [2.05, 4.69) is 20.6 Å². The number of amides is 3. The number of halogens is 1. The summed E-state index contributed by atoms with van der Waals surface area (Å²) in [4.78, 5) is 28.6. The third-order valence-electron chi connectivity index (χ3n) is 4.45. The van der Waals surface area contributed by atoms with Crippen LogP contribution in [-0.2, 0) is 11.8 Å². The molecule has 144 valence electrons. The zero-order valence-electron chi connectivity index (χ0n) is 15.4. The lowest BCUT2D eigenvalue weighted by Crippen LogP contribution is -2.54. The van der Waals surface area contributed by atoms with Gasteiger partial charge in [0.25, 0.3) is 0 Å². The van der Waals surface area contributed by atoms with Crippen LogP contribution in [0.3, 0.4) is 0 Å². The Morgan fingerprint density at radius 3 is 2.59 bits per heavy atom. The number of rotatable bonds is 4. The van der Waals surface area contributed by atoms with Gasteiger partial charge in [-0.2, -0.15) is 5.10 Å². The molecule has 1 aromatic carbocycles. The number of aryl methyl sites for hydroxylation is 1. The molecule has 27 heavy (non-hydrogen) atoms. The molecule has 2 N–H and O–H groups in total. The van der Waals surface area contributed by atoms with E-state index in [9.17, 15) is 9.59 Å². The van der Waals surface area contributed by atoms with Crippen molar-refractivity contribution in [3.63, 3.8) is 0 Å². The molecular weight excluding hydrogens is 368 g/mol. The summed E-state index contributed by atoms with van der Waals surface area (Å²) in [6, 6.07) is 6.79. The van der Waals surface area contributed by atoms with Crippen molar-refractivity contribution in [3.05, 3.63) is 41.7 Å². The lowest BCUT2D eigenvalue weighted by atomic mass is 10.2. The second-order valence-electron chi connectivity index (χ2n) is 6.52. The van der Waals surface area contributed by atoms with Gasteiger partial charge in [-0.25, -0.2) is 4.79 Å². The van der Waals surface area contributed by atoms with Crippen LogP contribution >= 0.6 is 11.6 Å². The molecule has 0 radical (unpaired) electrons. The van der Waals surface area contributed by atoms with Gasteiger partial charge in [0.2, 0.25) is 5.91 Å². The minimum atomic E-state index is -0.649. The summed E-state index contributed by atoms with van der Waals surface area (Å²) in [5, 5.41) is 10.2. The molecule has 1 atom stereocenters. The normalized spacial score (nSPS) is 15.4. The number of carbonyl (C=O) groups is 2. The first-order valence-electron chi connectivity index (χ1n) is 8.78. The highest BCUT2D eigenvalue weighted by atomic mass is 35.5. The maximum atomic E-state index is 12.4. The summed E-state index contributed by atoms with van der Waals surface area (Å²) >= 11 is 6.05. The van der Waals surface area contributed by atoms with Crippen LogP contribution in [0.25, 0.3) is 0 Å². The Kier molecular flexibility index (Phi) is 5.85. The summed E-state index contributed by atoms with van der Waals surface area (Å²) in [5.74, 6) is -0.283. The predicted molar refractivity (Wildman–Crippen MR) is 105 cm³/mol. The molecule has 2 heterocycles. The first kappa shape index (κ1) is 19.0. The highest BCUT2D eigenvalue weighted by Crippen LogP contribution is 2.20. The number of aromatic nitrogens is 2. The monoisotopic (exact) mass is 390 g/mol. The minimum Gasteiger partial charge on any atom is -0.368 e. The van der Waals surface area contributed by atoms with Gasteiger partial charge in [0.1, 0.15) is 6.04 Å². The van der Waals surface area contributed by atoms with Crippen LogP contribution in [0, 0.1) is 0 Å². The quantitative estimate of drug-likeness (QED) is 0.835. The van der Waals surface area contributed by atoms with Gasteiger partial charge in [-0.15, -0.1) is 0 Å². The molecule has 3 amide bonds. The fourth-order valence-electron chi connectivity index (χ4n) is 2.92. The van der Waals surface area contributed by atoms with Gasteiger partial charge in [0.05, 0.1) is 11.9 Å². The number of nitrogens with zero attached hydrogens (tertiary/aromatic N) is 4. The van der Waals surface area contributed by atoms with Crippen LogP contribution in [0.4, 0.5) is 16.2 Å². The number of hydrogen-bond donors (Lipinski definition) is 2. The molecule has 2 aromatic rings. The van der Waals surface area contributed by atoms with Crippen LogP contribution in [0.15, 0.2) is 36.7 Å². The molecule has 0 unspecified atom stereocenters. The van der Waals surface area contributed by atoms with Crippen molar-refractivity contribution >= 4 is 34.9 Å². The SMILES string of the molecule is C[C@H](NC(=O)N1CCN(c2cccc(Cl)c2)CC1)C(=O)Nc1cnn(C)c1. The smallest absolute Gasteiger partial charge is 0.318 e. The highest BCUT2D eigenvalue weighted by molar-refractivity contribution is 6.30. The van der Waals surface area contributed by atoms with Gasteiger partial charge in [0.15, 0.2) is 0 Å². The fourth-order valence-corrected chi connectivity index (χ4v) is 3.10. The molecule has 0 bridgehead atoms. The molecule has 0 aliphatic carbocycles. The van der Waals surface area contributed by atoms with E-state index in [1.165, 1.54) is 0 Å². The maximum Gasteiger partial charge on any atom is 0.318 e. The summed E-state index contributed by atoms with van der Waals surface area (Å²) in [6.45, 7) is 4.24. The fraction of sp³-hybridized carbons (Fsp3) is 0.389. The standard InChI is InChI=1S/C18H23ClN6O2/c1-13(17(26)22-15-11-20-23(2)12-15)21-18(27)25-8-6-24(7-9-25)16-5-3-4-14(19)10-16/h3-5,10-13H,6-9H2,1-2H3,(H,21,27)(H,22,26)/t13-/m0/s1. The Labute approximate surface area is 163 Å². The number of hydrogen-bond acceptors (Lipinski definition) is 4. The van der Waals surface area contributed by atoms with Crippen molar-refractivity contribution in [2.45, 2.75) is 13.0 Å². The van der Waals surface area contributed by atoms with Gasteiger partial charge in [-0.3, -0.25) is 9.48 Å². The van der Waals surface area contributed by atoms with Crippen molar-refractivity contribution in [1.82, 2.24) is 20.0 Å². The van der Waals surface area contributed by atoms with Crippen LogP contribution in [0.5, 0.6) is 0 Å². The molecule has 1 aliphatic rings. The summed E-state index contributed by atoms with van der Waals surface area (Å²) in [5.41, 5.74) is 1.64. The second kappa shape index (κ2) is 8.30. The average Bonchev–Trinajstić information content (AvgIpc) is 3.06. The molecule has 1 fully saturated rings. The lowest BCUT2D eigenvalue weighted by molar-refractivity contribution is -0.117. The van der Waals surface area contributed by atoms with E-state index in [-0.39, 0.29) is 11.9 Å². The zero-order valence-corrected chi connectivity index (χ0v) is 16.1. The van der Waals surface area contributed by atoms with Gasteiger partial charge in [-0.05, 0) is 25.1 Å². The topological polar surface area (TPSA) is 82.5 Å². The molecule has 0 saturated carbocycles. The average molecular weight is 391 g/mol. The van der Waals surface area contributed by atoms with E-state index < -0.39 is 6.04 Å². The van der Waals surface area contributed by atoms with E-state index in [0.717, 1.165) is 5.69 Å². The molecule has 0 spiro atoms. The zero-order chi connectivity index (χ0) is 19.4. The predicted octanol–water partition coefficient (Wildman–Crippen LogP) is 1.93. The van der Waals surface area contributed by atoms with Gasteiger partial charge >= 0.3 is 6.03 Å². The minimum absolute atomic E-state index is 0.241. The molecule has 1 saturated heterocycles. The van der Waals surface area contributed by atoms with Crippen LogP contribution in [0.1, 0.15) is 6.92 Å². The van der Waals surface area contributed by atoms with E-state index in [1.807, 2.05) is 24.3 Å². The molecule has 8 nitrogen and oxygen atoms in total. The molecule has 3 rings (SSSR count). The van der Waals surface area contributed by atoms with Gasteiger partial charge in [-0.1, -0.05) is 17.7 Å². The van der Waals surface area contributed by atoms with E-state index in [0.29, 0.717) is 36.9 Å². The van der Waals surface area contributed by atoms with Gasteiger partial charge in [0, 0.05) is 50.1 Å². The number of carbonyl (C=O) groups excluding carboxylic acids is 2. The first-order valence-corrected chi connectivity index (χ1v) is 9.15. The third kappa shape index (κ3) is 4.91. The first-order chi connectivity index (χ1) is 12.9. The van der Waals surface area contributed by atoms with Crippen LogP contribution in [0.2, 0.25) is 5.02 Å². The Morgan fingerprint density at radius 2 is 1.96 bits per heavy atom. The number of nitrogens with one attached hydrogen (secondary N) is 2. The van der Waals surface area contributed by atoms with Crippen molar-refractivity contribution in [3.8, 4) is 0 Å². The van der Waals surface area contributed by atoms with E-state index in [4.69, 9.17) is 11.6 Å². The Bertz CT molecular complexity index is 816. The van der Waals surface area contributed by atoms with Crippen molar-refractivity contribution < 1.29 is 9.59 Å². The van der Waals surface area contributed by atoms with Crippen molar-refractivity contribution in [2.75, 3.05) is 36.4 Å². The maximum absolute atomic E-state index is 12.4. The lowest BCUT2D eigenvalue weighted by Gasteiger charge is -2.36. The van der Waals surface area contributed by atoms with Crippen molar-refractivity contribution in [2.24, 2.45) is 7.05 Å². The summed E-state index contributed by atoms with van der Waals surface area (Å²) < 4.78 is 1.60. The Balaban J connectivity index is 1.48. The Morgan fingerprint density at radius 1 is 1.22 bits per heavy atom. The largest absolute Gasteiger partial charge is 0.368 e. The molecule has 9 heteroatoms. The molecule has 1 aromatic heterocycles. The summed E-state index contributed by atoms with van der Waals surface area (Å²) in [6.07, 6.45) is 3.25. The molecular formula is C18H23ClN6O2. The summed E-state index contributed by atoms with van der Waals surface area (Å²) in [7, 11) is 1.77. The van der Waals surface area contributed by atoms with Gasteiger partial charge < -0.3 is 20.4 Å². The molecule has 1 aliphatic heterocycles. The van der Waals surface area contributed by atoms with Crippen LogP contribution < -0.4 is 15.5 Å².